The van der Waals surface area contributed by atoms with Crippen molar-refractivity contribution >= 4 is 47.6 Å². The first kappa shape index (κ1) is 23.1. The second-order valence-electron chi connectivity index (χ2n) is 6.75. The number of likely N-dealkylation sites (N-methyl/N-ethyl adjacent to an activating group) is 1. The van der Waals surface area contributed by atoms with Gasteiger partial charge in [-0.15, -0.1) is 35.7 Å². The zero-order valence-electron chi connectivity index (χ0n) is 16.2. The molecular formula is C19H31IN4OS. The van der Waals surface area contributed by atoms with E-state index in [0.717, 1.165) is 5.96 Å². The third kappa shape index (κ3) is 7.34. The van der Waals surface area contributed by atoms with Crippen molar-refractivity contribution in [3.8, 4) is 0 Å². The smallest absolute Gasteiger partial charge is 0.241 e. The molecule has 1 aromatic carbocycles. The Morgan fingerprint density at radius 3 is 2.62 bits per heavy atom. The predicted molar refractivity (Wildman–Crippen MR) is 122 cm³/mol. The molecule has 26 heavy (non-hydrogen) atoms. The van der Waals surface area contributed by atoms with E-state index in [1.54, 1.807) is 30.8 Å². The van der Waals surface area contributed by atoms with E-state index in [9.17, 15) is 4.79 Å². The zero-order valence-corrected chi connectivity index (χ0v) is 19.3. The normalized spacial score (nSPS) is 14.7. The first-order chi connectivity index (χ1) is 12.0. The van der Waals surface area contributed by atoms with Gasteiger partial charge in [0.15, 0.2) is 5.96 Å². The van der Waals surface area contributed by atoms with Crippen molar-refractivity contribution in [2.75, 3.05) is 26.9 Å². The number of carbonyl (C=O) groups is 1. The molecular weight excluding hydrogens is 459 g/mol. The SMILES string of the molecule is CSc1cc(C)ccc1CN=C(NCC(=O)N(C)C)NC1CCCC1.I. The predicted octanol–water partition coefficient (Wildman–Crippen LogP) is 3.40. The Morgan fingerprint density at radius 2 is 2.00 bits per heavy atom. The van der Waals surface area contributed by atoms with Crippen LogP contribution in [0.5, 0.6) is 0 Å². The number of amides is 1. The summed E-state index contributed by atoms with van der Waals surface area (Å²) in [4.78, 5) is 19.5. The summed E-state index contributed by atoms with van der Waals surface area (Å²) in [5, 5.41) is 6.68. The van der Waals surface area contributed by atoms with E-state index in [2.05, 4.69) is 42.0 Å². The lowest BCUT2D eigenvalue weighted by Gasteiger charge is -2.18. The highest BCUT2D eigenvalue weighted by Gasteiger charge is 2.17. The molecule has 1 aromatic rings. The van der Waals surface area contributed by atoms with Crippen LogP contribution in [0, 0.1) is 6.92 Å². The molecule has 0 aliphatic heterocycles. The van der Waals surface area contributed by atoms with E-state index < -0.39 is 0 Å². The summed E-state index contributed by atoms with van der Waals surface area (Å²) in [6.45, 7) is 2.97. The lowest BCUT2D eigenvalue weighted by atomic mass is 10.1. The molecule has 0 spiro atoms. The van der Waals surface area contributed by atoms with Crippen LogP contribution in [-0.2, 0) is 11.3 Å². The number of thioether (sulfide) groups is 1. The Hall–Kier alpha value is -0.960. The number of rotatable bonds is 6. The molecule has 1 aliphatic carbocycles. The van der Waals surface area contributed by atoms with Crippen molar-refractivity contribution < 1.29 is 4.79 Å². The number of benzene rings is 1. The van der Waals surface area contributed by atoms with Gasteiger partial charge in [-0.1, -0.05) is 25.0 Å². The Bertz CT molecular complexity index is 616. The molecule has 0 bridgehead atoms. The van der Waals surface area contributed by atoms with Crippen LogP contribution in [-0.4, -0.2) is 49.7 Å². The topological polar surface area (TPSA) is 56.7 Å². The van der Waals surface area contributed by atoms with Crippen molar-refractivity contribution in [1.82, 2.24) is 15.5 Å². The molecule has 1 fully saturated rings. The molecule has 2 rings (SSSR count). The van der Waals surface area contributed by atoms with Gasteiger partial charge in [-0.3, -0.25) is 4.79 Å². The monoisotopic (exact) mass is 490 g/mol. The number of hydrogen-bond donors (Lipinski definition) is 2. The van der Waals surface area contributed by atoms with Crippen molar-refractivity contribution in [3.63, 3.8) is 0 Å². The maximum absolute atomic E-state index is 11.9. The first-order valence-electron chi connectivity index (χ1n) is 8.88. The maximum Gasteiger partial charge on any atom is 0.241 e. The van der Waals surface area contributed by atoms with Crippen LogP contribution in [0.2, 0.25) is 0 Å². The Kier molecular flexibility index (Phi) is 10.4. The maximum atomic E-state index is 11.9. The van der Waals surface area contributed by atoms with Gasteiger partial charge in [0.05, 0.1) is 13.1 Å². The standard InChI is InChI=1S/C19H30N4OS.HI/c1-14-9-10-15(17(11-14)25-4)12-20-19(21-13-18(24)23(2)3)22-16-7-5-6-8-16;/h9-11,16H,5-8,12-13H2,1-4H3,(H2,20,21,22);1H. The van der Waals surface area contributed by atoms with Crippen molar-refractivity contribution in [2.24, 2.45) is 4.99 Å². The number of nitrogens with one attached hydrogen (secondary N) is 2. The highest BCUT2D eigenvalue weighted by molar-refractivity contribution is 14.0. The van der Waals surface area contributed by atoms with E-state index >= 15 is 0 Å². The number of halogens is 1. The van der Waals surface area contributed by atoms with Gasteiger partial charge < -0.3 is 15.5 Å². The largest absolute Gasteiger partial charge is 0.354 e. The minimum absolute atomic E-state index is 0. The van der Waals surface area contributed by atoms with E-state index in [-0.39, 0.29) is 36.4 Å². The number of aliphatic imine (C=N–C) groups is 1. The molecule has 0 saturated heterocycles. The fourth-order valence-electron chi connectivity index (χ4n) is 2.88. The molecule has 0 aromatic heterocycles. The van der Waals surface area contributed by atoms with Gasteiger partial charge >= 0.3 is 0 Å². The molecule has 0 radical (unpaired) electrons. The molecule has 0 atom stereocenters. The highest BCUT2D eigenvalue weighted by Crippen LogP contribution is 2.22. The molecule has 1 saturated carbocycles. The quantitative estimate of drug-likeness (QED) is 0.278. The summed E-state index contributed by atoms with van der Waals surface area (Å²) in [6, 6.07) is 6.92. The number of guanidine groups is 1. The van der Waals surface area contributed by atoms with Gasteiger partial charge in [-0.2, -0.15) is 0 Å². The number of aryl methyl sites for hydroxylation is 1. The van der Waals surface area contributed by atoms with E-state index in [1.807, 2.05) is 0 Å². The molecule has 5 nitrogen and oxygen atoms in total. The summed E-state index contributed by atoms with van der Waals surface area (Å²) < 4.78 is 0. The molecule has 0 heterocycles. The molecule has 2 N–H and O–H groups in total. The third-order valence-electron chi connectivity index (χ3n) is 4.45. The molecule has 146 valence electrons. The first-order valence-corrected chi connectivity index (χ1v) is 10.1. The van der Waals surface area contributed by atoms with Crippen LogP contribution in [0.4, 0.5) is 0 Å². The minimum atomic E-state index is 0. The number of carbonyl (C=O) groups excluding carboxylic acids is 1. The Labute approximate surface area is 178 Å². The third-order valence-corrected chi connectivity index (χ3v) is 5.27. The second kappa shape index (κ2) is 11.7. The van der Waals surface area contributed by atoms with Gasteiger partial charge in [0.2, 0.25) is 5.91 Å². The van der Waals surface area contributed by atoms with Crippen LogP contribution in [0.15, 0.2) is 28.1 Å². The lowest BCUT2D eigenvalue weighted by molar-refractivity contribution is -0.127. The average Bonchev–Trinajstić information content (AvgIpc) is 3.10. The molecule has 1 amide bonds. The lowest BCUT2D eigenvalue weighted by Crippen LogP contribution is -2.46. The number of nitrogens with zero attached hydrogens (tertiary/aromatic N) is 2. The number of hydrogen-bond acceptors (Lipinski definition) is 3. The van der Waals surface area contributed by atoms with Crippen molar-refractivity contribution in [2.45, 2.75) is 50.1 Å². The summed E-state index contributed by atoms with van der Waals surface area (Å²) in [5.41, 5.74) is 2.47. The van der Waals surface area contributed by atoms with Crippen LogP contribution in [0.3, 0.4) is 0 Å². The van der Waals surface area contributed by atoms with E-state index in [1.165, 1.54) is 41.7 Å². The van der Waals surface area contributed by atoms with E-state index in [4.69, 9.17) is 4.99 Å². The van der Waals surface area contributed by atoms with Crippen LogP contribution in [0.25, 0.3) is 0 Å². The minimum Gasteiger partial charge on any atom is -0.354 e. The van der Waals surface area contributed by atoms with Gasteiger partial charge in [0, 0.05) is 25.0 Å². The molecule has 0 unspecified atom stereocenters. The average molecular weight is 490 g/mol. The van der Waals surface area contributed by atoms with Crippen LogP contribution in [0.1, 0.15) is 36.8 Å². The highest BCUT2D eigenvalue weighted by atomic mass is 127. The molecule has 7 heteroatoms. The van der Waals surface area contributed by atoms with Gasteiger partial charge in [-0.25, -0.2) is 4.99 Å². The van der Waals surface area contributed by atoms with Crippen molar-refractivity contribution in [1.29, 1.82) is 0 Å². The fraction of sp³-hybridized carbons (Fsp3) is 0.579. The van der Waals surface area contributed by atoms with Crippen LogP contribution < -0.4 is 10.6 Å². The summed E-state index contributed by atoms with van der Waals surface area (Å²) in [6.07, 6.45) is 6.95. The molecule has 1 aliphatic rings. The summed E-state index contributed by atoms with van der Waals surface area (Å²) >= 11 is 1.75. The van der Waals surface area contributed by atoms with Gasteiger partial charge in [-0.05, 0) is 43.2 Å². The Balaban J connectivity index is 0.00000338. The van der Waals surface area contributed by atoms with Crippen molar-refractivity contribution in [3.05, 3.63) is 29.3 Å². The van der Waals surface area contributed by atoms with Gasteiger partial charge in [0.25, 0.3) is 0 Å². The van der Waals surface area contributed by atoms with Gasteiger partial charge in [0.1, 0.15) is 0 Å². The second-order valence-corrected chi connectivity index (χ2v) is 7.60. The summed E-state index contributed by atoms with van der Waals surface area (Å²) in [5.74, 6) is 0.774. The summed E-state index contributed by atoms with van der Waals surface area (Å²) in [7, 11) is 3.53. The van der Waals surface area contributed by atoms with Crippen LogP contribution >= 0.6 is 35.7 Å². The Morgan fingerprint density at radius 1 is 1.31 bits per heavy atom. The fourth-order valence-corrected chi connectivity index (χ4v) is 3.58. The van der Waals surface area contributed by atoms with E-state index in [0.29, 0.717) is 12.6 Å². The zero-order chi connectivity index (χ0) is 18.2.